The summed E-state index contributed by atoms with van der Waals surface area (Å²) in [7, 11) is 0. The van der Waals surface area contributed by atoms with Crippen molar-refractivity contribution in [1.29, 1.82) is 0 Å². The molecule has 2 atom stereocenters. The Morgan fingerprint density at radius 1 is 1.56 bits per heavy atom. The average Bonchev–Trinajstić information content (AvgIpc) is 2.27. The molecule has 0 aromatic carbocycles. The summed E-state index contributed by atoms with van der Waals surface area (Å²) in [4.78, 5) is 17.2. The minimum atomic E-state index is -0.438. The maximum atomic E-state index is 12.0. The van der Waals surface area contributed by atoms with Crippen LogP contribution in [0, 0.1) is 18.4 Å². The maximum Gasteiger partial charge on any atom is 0.410 e. The lowest BCUT2D eigenvalue weighted by molar-refractivity contribution is 0.0140. The van der Waals surface area contributed by atoms with Gasteiger partial charge in [0.2, 0.25) is 6.54 Å². The fourth-order valence-electron chi connectivity index (χ4n) is 2.26. The molecule has 0 bridgehead atoms. The van der Waals surface area contributed by atoms with Gasteiger partial charge in [0.15, 0.2) is 0 Å². The fraction of sp³-hybridized carbons (Fsp3) is 0.857. The van der Waals surface area contributed by atoms with E-state index in [4.69, 9.17) is 11.3 Å². The summed E-state index contributed by atoms with van der Waals surface area (Å²) in [5, 5.41) is 0. The number of hydrogen-bond donors (Lipinski definition) is 0. The van der Waals surface area contributed by atoms with Gasteiger partial charge in [-0.05, 0) is 39.5 Å². The van der Waals surface area contributed by atoms with Crippen LogP contribution in [0.3, 0.4) is 0 Å². The van der Waals surface area contributed by atoms with Crippen molar-refractivity contribution < 1.29 is 9.53 Å². The molecule has 0 N–H and O–H groups in total. The summed E-state index contributed by atoms with van der Waals surface area (Å²) < 4.78 is 5.39. The molecule has 2 unspecified atom stereocenters. The molecule has 0 saturated carbocycles. The Morgan fingerprint density at radius 3 is 2.78 bits per heavy atom. The molecule has 1 aliphatic rings. The van der Waals surface area contributed by atoms with Crippen LogP contribution in [0.5, 0.6) is 0 Å². The van der Waals surface area contributed by atoms with Crippen molar-refractivity contribution in [2.45, 2.75) is 46.1 Å². The van der Waals surface area contributed by atoms with E-state index in [1.807, 2.05) is 20.8 Å². The second-order valence-corrected chi connectivity index (χ2v) is 6.15. The van der Waals surface area contributed by atoms with E-state index in [-0.39, 0.29) is 6.09 Å². The van der Waals surface area contributed by atoms with E-state index in [0.29, 0.717) is 18.4 Å². The molecular weight excluding hydrogens is 228 g/mol. The summed E-state index contributed by atoms with van der Waals surface area (Å²) in [6.07, 6.45) is 1.89. The molecule has 4 nitrogen and oxygen atoms in total. The standard InChI is InChI=1S/C14H24N2O2/c1-11(9-15-5)12-7-6-8-16(10-12)13(17)18-14(2,3)4/h11-12H,6-10H2,1-4H3. The van der Waals surface area contributed by atoms with E-state index in [1.54, 1.807) is 4.90 Å². The lowest BCUT2D eigenvalue weighted by Gasteiger charge is -2.35. The van der Waals surface area contributed by atoms with Crippen LogP contribution in [0.15, 0.2) is 0 Å². The smallest absolute Gasteiger partial charge is 0.410 e. The van der Waals surface area contributed by atoms with Gasteiger partial charge in [-0.2, -0.15) is 0 Å². The number of likely N-dealkylation sites (tertiary alicyclic amines) is 1. The first-order valence-electron chi connectivity index (χ1n) is 6.64. The van der Waals surface area contributed by atoms with E-state index < -0.39 is 5.60 Å². The Balaban J connectivity index is 2.53. The van der Waals surface area contributed by atoms with E-state index in [9.17, 15) is 4.79 Å². The van der Waals surface area contributed by atoms with Crippen molar-refractivity contribution in [1.82, 2.24) is 4.90 Å². The van der Waals surface area contributed by atoms with Crippen molar-refractivity contribution in [3.63, 3.8) is 0 Å². The van der Waals surface area contributed by atoms with Gasteiger partial charge < -0.3 is 14.5 Å². The third-order valence-corrected chi connectivity index (χ3v) is 3.29. The van der Waals surface area contributed by atoms with Crippen molar-refractivity contribution in [2.24, 2.45) is 11.8 Å². The molecule has 0 spiro atoms. The number of piperidine rings is 1. The van der Waals surface area contributed by atoms with Gasteiger partial charge in [0, 0.05) is 19.0 Å². The van der Waals surface area contributed by atoms with Crippen LogP contribution >= 0.6 is 0 Å². The first kappa shape index (κ1) is 14.8. The average molecular weight is 252 g/mol. The van der Waals surface area contributed by atoms with Crippen LogP contribution in [-0.4, -0.2) is 36.2 Å². The SMILES string of the molecule is [C-]#[N+]CC(C)C1CCCN(C(=O)OC(C)(C)C)C1. The van der Waals surface area contributed by atoms with Crippen LogP contribution < -0.4 is 0 Å². The number of carbonyl (C=O) groups excluding carboxylic acids is 1. The molecule has 1 aliphatic heterocycles. The first-order valence-corrected chi connectivity index (χ1v) is 6.64. The highest BCUT2D eigenvalue weighted by molar-refractivity contribution is 5.68. The molecule has 1 amide bonds. The largest absolute Gasteiger partial charge is 0.444 e. The summed E-state index contributed by atoms with van der Waals surface area (Å²) >= 11 is 0. The molecule has 1 rings (SSSR count). The zero-order chi connectivity index (χ0) is 13.8. The number of rotatable bonds is 2. The quantitative estimate of drug-likeness (QED) is 0.707. The topological polar surface area (TPSA) is 33.9 Å². The van der Waals surface area contributed by atoms with Gasteiger partial charge in [-0.15, -0.1) is 0 Å². The normalized spacial score (nSPS) is 22.2. The molecule has 102 valence electrons. The van der Waals surface area contributed by atoms with Crippen LogP contribution in [-0.2, 0) is 4.74 Å². The molecule has 18 heavy (non-hydrogen) atoms. The number of amides is 1. The second kappa shape index (κ2) is 6.08. The van der Waals surface area contributed by atoms with Crippen LogP contribution in [0.1, 0.15) is 40.5 Å². The maximum absolute atomic E-state index is 12.0. The molecule has 1 heterocycles. The number of carbonyl (C=O) groups is 1. The van der Waals surface area contributed by atoms with Gasteiger partial charge in [0.1, 0.15) is 5.60 Å². The Bertz CT molecular complexity index is 328. The molecule has 0 radical (unpaired) electrons. The van der Waals surface area contributed by atoms with Crippen LogP contribution in [0.25, 0.3) is 4.85 Å². The molecule has 0 aromatic heterocycles. The van der Waals surface area contributed by atoms with Crippen molar-refractivity contribution >= 4 is 6.09 Å². The predicted molar refractivity (Wildman–Crippen MR) is 71.2 cm³/mol. The zero-order valence-electron chi connectivity index (χ0n) is 11.9. The minimum absolute atomic E-state index is 0.220. The first-order chi connectivity index (χ1) is 8.33. The van der Waals surface area contributed by atoms with Crippen LogP contribution in [0.4, 0.5) is 4.79 Å². The predicted octanol–water partition coefficient (Wildman–Crippen LogP) is 3.19. The van der Waals surface area contributed by atoms with Crippen molar-refractivity contribution in [3.05, 3.63) is 11.4 Å². The molecule has 4 heteroatoms. The molecule has 1 fully saturated rings. The minimum Gasteiger partial charge on any atom is -0.444 e. The summed E-state index contributed by atoms with van der Waals surface area (Å²) in [5.74, 6) is 0.785. The third-order valence-electron chi connectivity index (χ3n) is 3.29. The van der Waals surface area contributed by atoms with Gasteiger partial charge in [-0.3, -0.25) is 0 Å². The van der Waals surface area contributed by atoms with Crippen LogP contribution in [0.2, 0.25) is 0 Å². The van der Waals surface area contributed by atoms with Gasteiger partial charge in [-0.1, -0.05) is 6.92 Å². The highest BCUT2D eigenvalue weighted by atomic mass is 16.6. The lowest BCUT2D eigenvalue weighted by Crippen LogP contribution is -2.44. The van der Waals surface area contributed by atoms with Gasteiger partial charge in [0.25, 0.3) is 0 Å². The third kappa shape index (κ3) is 4.56. The van der Waals surface area contributed by atoms with E-state index in [2.05, 4.69) is 11.8 Å². The Kier molecular flexibility index (Phi) is 5.01. The Labute approximate surface area is 110 Å². The highest BCUT2D eigenvalue weighted by Crippen LogP contribution is 2.25. The van der Waals surface area contributed by atoms with Crippen molar-refractivity contribution in [2.75, 3.05) is 19.6 Å². The summed E-state index contributed by atoms with van der Waals surface area (Å²) in [6.45, 7) is 16.7. The number of ether oxygens (including phenoxy) is 1. The highest BCUT2D eigenvalue weighted by Gasteiger charge is 2.30. The molecular formula is C14H24N2O2. The number of hydrogen-bond acceptors (Lipinski definition) is 2. The lowest BCUT2D eigenvalue weighted by atomic mass is 9.87. The molecule has 1 saturated heterocycles. The molecule has 0 aliphatic carbocycles. The van der Waals surface area contributed by atoms with Gasteiger partial charge >= 0.3 is 6.09 Å². The van der Waals surface area contributed by atoms with Crippen molar-refractivity contribution in [3.8, 4) is 0 Å². The Morgan fingerprint density at radius 2 is 2.22 bits per heavy atom. The number of nitrogens with zero attached hydrogens (tertiary/aromatic N) is 2. The van der Waals surface area contributed by atoms with E-state index in [0.717, 1.165) is 25.9 Å². The second-order valence-electron chi connectivity index (χ2n) is 6.15. The molecule has 0 aromatic rings. The Hall–Kier alpha value is -1.24. The summed E-state index contributed by atoms with van der Waals surface area (Å²) in [5.41, 5.74) is -0.438. The fourth-order valence-corrected chi connectivity index (χ4v) is 2.26. The van der Waals surface area contributed by atoms with Gasteiger partial charge in [-0.25, -0.2) is 11.4 Å². The monoisotopic (exact) mass is 252 g/mol. The van der Waals surface area contributed by atoms with E-state index in [1.165, 1.54) is 0 Å². The van der Waals surface area contributed by atoms with E-state index >= 15 is 0 Å². The summed E-state index contributed by atoms with van der Waals surface area (Å²) in [6, 6.07) is 0. The zero-order valence-corrected chi connectivity index (χ0v) is 11.9. The van der Waals surface area contributed by atoms with Gasteiger partial charge in [0.05, 0.1) is 0 Å².